The molecule has 120 valence electrons. The number of carbonyl (C=O) groups excluding carboxylic acids is 2. The third kappa shape index (κ3) is 4.83. The molecule has 7 nitrogen and oxygen atoms in total. The molecule has 0 aliphatic carbocycles. The molecule has 0 atom stereocenters. The van der Waals surface area contributed by atoms with Gasteiger partial charge >= 0.3 is 6.09 Å². The normalized spacial score (nSPS) is 13.2. The van der Waals surface area contributed by atoms with Crippen LogP contribution < -0.4 is 20.1 Å². The van der Waals surface area contributed by atoms with Crippen molar-refractivity contribution >= 4 is 17.7 Å². The van der Waals surface area contributed by atoms with Crippen molar-refractivity contribution in [1.82, 2.24) is 5.32 Å². The molecule has 1 aliphatic heterocycles. The Morgan fingerprint density at radius 2 is 1.86 bits per heavy atom. The molecule has 0 saturated heterocycles. The van der Waals surface area contributed by atoms with Crippen molar-refractivity contribution in [1.29, 1.82) is 0 Å². The third-order valence-electron chi connectivity index (χ3n) is 2.62. The van der Waals surface area contributed by atoms with Crippen LogP contribution in [0.2, 0.25) is 0 Å². The first-order valence-corrected chi connectivity index (χ1v) is 7.00. The Bertz CT molecular complexity index is 566. The Kier molecular flexibility index (Phi) is 4.75. The minimum absolute atomic E-state index is 0.177. The summed E-state index contributed by atoms with van der Waals surface area (Å²) in [6, 6.07) is 5.12. The lowest BCUT2D eigenvalue weighted by atomic mass is 10.2. The molecule has 0 saturated carbocycles. The van der Waals surface area contributed by atoms with Crippen LogP contribution in [0.15, 0.2) is 18.2 Å². The van der Waals surface area contributed by atoms with Crippen molar-refractivity contribution in [2.45, 2.75) is 26.4 Å². The second kappa shape index (κ2) is 6.55. The van der Waals surface area contributed by atoms with Gasteiger partial charge in [0.05, 0.1) is 0 Å². The summed E-state index contributed by atoms with van der Waals surface area (Å²) in [6.07, 6.45) is -0.634. The predicted octanol–water partition coefficient (Wildman–Crippen LogP) is 1.92. The van der Waals surface area contributed by atoms with Gasteiger partial charge < -0.3 is 24.8 Å². The minimum Gasteiger partial charge on any atom is -0.486 e. The fourth-order valence-electron chi connectivity index (χ4n) is 1.79. The van der Waals surface area contributed by atoms with Gasteiger partial charge in [-0.15, -0.1) is 0 Å². The van der Waals surface area contributed by atoms with Crippen LogP contribution in [-0.2, 0) is 9.53 Å². The summed E-state index contributed by atoms with van der Waals surface area (Å²) >= 11 is 0. The van der Waals surface area contributed by atoms with Gasteiger partial charge in [-0.05, 0) is 32.9 Å². The van der Waals surface area contributed by atoms with Crippen LogP contribution >= 0.6 is 0 Å². The van der Waals surface area contributed by atoms with E-state index in [1.807, 2.05) is 0 Å². The van der Waals surface area contributed by atoms with E-state index in [0.717, 1.165) is 0 Å². The Balaban J connectivity index is 1.83. The fourth-order valence-corrected chi connectivity index (χ4v) is 1.79. The highest BCUT2D eigenvalue weighted by Gasteiger charge is 2.17. The third-order valence-corrected chi connectivity index (χ3v) is 2.62. The number of nitrogens with one attached hydrogen (secondary N) is 2. The zero-order chi connectivity index (χ0) is 16.2. The number of fused-ring (bicyclic) bond motifs is 1. The number of amides is 2. The molecule has 0 bridgehead atoms. The number of rotatable bonds is 3. The maximum atomic E-state index is 11.8. The van der Waals surface area contributed by atoms with Gasteiger partial charge in [0.15, 0.2) is 11.5 Å². The number of hydrogen-bond acceptors (Lipinski definition) is 5. The van der Waals surface area contributed by atoms with E-state index in [0.29, 0.717) is 30.4 Å². The highest BCUT2D eigenvalue weighted by molar-refractivity contribution is 5.94. The SMILES string of the molecule is CC(C)(C)OC(=O)NCC(=O)Nc1ccc2c(c1)OCCO2. The van der Waals surface area contributed by atoms with Crippen LogP contribution in [0.3, 0.4) is 0 Å². The van der Waals surface area contributed by atoms with Crippen molar-refractivity contribution in [2.24, 2.45) is 0 Å². The highest BCUT2D eigenvalue weighted by atomic mass is 16.6. The molecule has 2 N–H and O–H groups in total. The molecule has 1 heterocycles. The molecule has 0 fully saturated rings. The van der Waals surface area contributed by atoms with E-state index in [4.69, 9.17) is 14.2 Å². The zero-order valence-corrected chi connectivity index (χ0v) is 12.9. The zero-order valence-electron chi connectivity index (χ0n) is 12.9. The second-order valence-corrected chi connectivity index (χ2v) is 5.76. The van der Waals surface area contributed by atoms with Gasteiger partial charge in [0.2, 0.25) is 5.91 Å². The first-order chi connectivity index (χ1) is 10.3. The lowest BCUT2D eigenvalue weighted by molar-refractivity contribution is -0.115. The summed E-state index contributed by atoms with van der Waals surface area (Å²) in [5.74, 6) is 0.878. The second-order valence-electron chi connectivity index (χ2n) is 5.76. The van der Waals surface area contributed by atoms with Gasteiger partial charge in [0.1, 0.15) is 25.4 Å². The average Bonchev–Trinajstić information content (AvgIpc) is 2.43. The van der Waals surface area contributed by atoms with Gasteiger partial charge in [0.25, 0.3) is 0 Å². The van der Waals surface area contributed by atoms with Gasteiger partial charge in [-0.2, -0.15) is 0 Å². The minimum atomic E-state index is -0.634. The van der Waals surface area contributed by atoms with Crippen molar-refractivity contribution in [3.63, 3.8) is 0 Å². The Morgan fingerprint density at radius 1 is 1.18 bits per heavy atom. The average molecular weight is 308 g/mol. The molecule has 22 heavy (non-hydrogen) atoms. The van der Waals surface area contributed by atoms with Crippen LogP contribution in [0.5, 0.6) is 11.5 Å². The van der Waals surface area contributed by atoms with Crippen LogP contribution in [0.4, 0.5) is 10.5 Å². The van der Waals surface area contributed by atoms with Gasteiger partial charge in [-0.1, -0.05) is 0 Å². The van der Waals surface area contributed by atoms with E-state index in [2.05, 4.69) is 10.6 Å². The lowest BCUT2D eigenvalue weighted by Crippen LogP contribution is -2.37. The van der Waals surface area contributed by atoms with Crippen molar-refractivity contribution in [3.8, 4) is 11.5 Å². The van der Waals surface area contributed by atoms with Gasteiger partial charge in [-0.3, -0.25) is 4.79 Å². The highest BCUT2D eigenvalue weighted by Crippen LogP contribution is 2.32. The van der Waals surface area contributed by atoms with E-state index in [9.17, 15) is 9.59 Å². The Morgan fingerprint density at radius 3 is 2.55 bits per heavy atom. The number of alkyl carbamates (subject to hydrolysis) is 1. The molecule has 1 aliphatic rings. The molecule has 1 aromatic carbocycles. The smallest absolute Gasteiger partial charge is 0.408 e. The molecule has 2 amide bonds. The number of carbonyl (C=O) groups is 2. The van der Waals surface area contributed by atoms with E-state index in [-0.39, 0.29) is 12.5 Å². The molecule has 7 heteroatoms. The van der Waals surface area contributed by atoms with Crippen LogP contribution in [-0.4, -0.2) is 37.4 Å². The lowest BCUT2D eigenvalue weighted by Gasteiger charge is -2.20. The first-order valence-electron chi connectivity index (χ1n) is 7.00. The maximum Gasteiger partial charge on any atom is 0.408 e. The van der Waals surface area contributed by atoms with Crippen LogP contribution in [0, 0.1) is 0 Å². The summed E-state index contributed by atoms with van der Waals surface area (Å²) < 4.78 is 15.9. The standard InChI is InChI=1S/C15H20N2O5/c1-15(2,3)22-14(19)16-9-13(18)17-10-4-5-11-12(8-10)21-7-6-20-11/h4-5,8H,6-7,9H2,1-3H3,(H,16,19)(H,17,18). The van der Waals surface area contributed by atoms with E-state index in [1.54, 1.807) is 39.0 Å². The quantitative estimate of drug-likeness (QED) is 0.891. The Labute approximate surface area is 128 Å². The van der Waals surface area contributed by atoms with E-state index >= 15 is 0 Å². The molecule has 0 unspecified atom stereocenters. The van der Waals surface area contributed by atoms with Gasteiger partial charge in [0, 0.05) is 11.8 Å². The Hall–Kier alpha value is -2.44. The molecular formula is C15H20N2O5. The summed E-state index contributed by atoms with van der Waals surface area (Å²) in [6.45, 7) is 6.07. The first kappa shape index (κ1) is 15.9. The predicted molar refractivity (Wildman–Crippen MR) is 80.3 cm³/mol. The van der Waals surface area contributed by atoms with Crippen LogP contribution in [0.1, 0.15) is 20.8 Å². The summed E-state index contributed by atoms with van der Waals surface area (Å²) in [7, 11) is 0. The van der Waals surface area contributed by atoms with Crippen LogP contribution in [0.25, 0.3) is 0 Å². The summed E-state index contributed by atoms with van der Waals surface area (Å²) in [5.41, 5.74) is -0.0311. The number of anilines is 1. The monoisotopic (exact) mass is 308 g/mol. The van der Waals surface area contributed by atoms with E-state index < -0.39 is 11.7 Å². The van der Waals surface area contributed by atoms with Crippen molar-refractivity contribution in [3.05, 3.63) is 18.2 Å². The summed E-state index contributed by atoms with van der Waals surface area (Å²) in [5, 5.41) is 5.06. The number of benzene rings is 1. The molecule has 2 rings (SSSR count). The molecule has 0 radical (unpaired) electrons. The topological polar surface area (TPSA) is 85.9 Å². The fraction of sp³-hybridized carbons (Fsp3) is 0.467. The summed E-state index contributed by atoms with van der Waals surface area (Å²) in [4.78, 5) is 23.3. The number of hydrogen-bond donors (Lipinski definition) is 2. The molecule has 1 aromatic rings. The van der Waals surface area contributed by atoms with Crippen molar-refractivity contribution < 1.29 is 23.8 Å². The number of ether oxygens (including phenoxy) is 3. The largest absolute Gasteiger partial charge is 0.486 e. The van der Waals surface area contributed by atoms with Crippen molar-refractivity contribution in [2.75, 3.05) is 25.1 Å². The maximum absolute atomic E-state index is 11.8. The van der Waals surface area contributed by atoms with E-state index in [1.165, 1.54) is 0 Å². The molecule has 0 spiro atoms. The molecular weight excluding hydrogens is 288 g/mol. The molecule has 0 aromatic heterocycles. The van der Waals surface area contributed by atoms with Gasteiger partial charge in [-0.25, -0.2) is 4.79 Å².